The monoisotopic (exact) mass is 386 g/mol. The van der Waals surface area contributed by atoms with E-state index in [1.165, 1.54) is 108 Å². The van der Waals surface area contributed by atoms with Crippen molar-refractivity contribution in [3.63, 3.8) is 0 Å². The number of hydrogen-bond donors (Lipinski definition) is 0. The summed E-state index contributed by atoms with van der Waals surface area (Å²) in [4.78, 5) is 0. The van der Waals surface area contributed by atoms with Crippen molar-refractivity contribution in [3.05, 3.63) is 0 Å². The second-order valence-corrected chi connectivity index (χ2v) is 10.2. The van der Waals surface area contributed by atoms with Gasteiger partial charge in [0.2, 0.25) is 0 Å². The first-order valence-corrected chi connectivity index (χ1v) is 13.0. The fourth-order valence-electron chi connectivity index (χ4n) is 3.38. The molecule has 0 saturated heterocycles. The Morgan fingerprint density at radius 2 is 0.923 bits per heavy atom. The second kappa shape index (κ2) is 20.1. The molecule has 0 aliphatic rings. The molecule has 0 atom stereocenters. The van der Waals surface area contributed by atoms with Gasteiger partial charge in [-0.25, -0.2) is 0 Å². The SMILES string of the molecule is CSCCCCCCCCCCCCCCCCOCCCC(C)(C)C. The first-order chi connectivity index (χ1) is 12.6. The highest BCUT2D eigenvalue weighted by atomic mass is 32.2. The average molecular weight is 387 g/mol. The molecule has 1 nitrogen and oxygen atoms in total. The molecule has 0 aromatic heterocycles. The molecule has 0 heterocycles. The van der Waals surface area contributed by atoms with Crippen LogP contribution in [0, 0.1) is 5.41 Å². The first kappa shape index (κ1) is 26.3. The molecular formula is C24H50OS. The lowest BCUT2D eigenvalue weighted by atomic mass is 9.91. The van der Waals surface area contributed by atoms with Crippen molar-refractivity contribution < 1.29 is 4.74 Å². The van der Waals surface area contributed by atoms with Crippen LogP contribution in [-0.4, -0.2) is 25.2 Å². The van der Waals surface area contributed by atoms with Crippen LogP contribution in [0.5, 0.6) is 0 Å². The quantitative estimate of drug-likeness (QED) is 0.194. The first-order valence-electron chi connectivity index (χ1n) is 11.6. The lowest BCUT2D eigenvalue weighted by Gasteiger charge is -2.17. The van der Waals surface area contributed by atoms with Gasteiger partial charge in [0, 0.05) is 13.2 Å². The minimum absolute atomic E-state index is 0.455. The van der Waals surface area contributed by atoms with Gasteiger partial charge < -0.3 is 4.74 Å². The van der Waals surface area contributed by atoms with E-state index in [1.807, 2.05) is 11.8 Å². The normalized spacial score (nSPS) is 12.0. The third-order valence-corrected chi connectivity index (χ3v) is 5.80. The van der Waals surface area contributed by atoms with E-state index in [1.54, 1.807) is 0 Å². The predicted octanol–water partition coefficient (Wildman–Crippen LogP) is 8.65. The molecule has 0 aromatic carbocycles. The van der Waals surface area contributed by atoms with Gasteiger partial charge in [0.25, 0.3) is 0 Å². The second-order valence-electron chi connectivity index (χ2n) is 9.22. The van der Waals surface area contributed by atoms with Crippen LogP contribution in [0.15, 0.2) is 0 Å². The van der Waals surface area contributed by atoms with Crippen LogP contribution >= 0.6 is 11.8 Å². The number of hydrogen-bond acceptors (Lipinski definition) is 2. The van der Waals surface area contributed by atoms with E-state index in [0.717, 1.165) is 13.2 Å². The maximum Gasteiger partial charge on any atom is 0.0466 e. The van der Waals surface area contributed by atoms with Crippen molar-refractivity contribution in [3.8, 4) is 0 Å². The molecule has 0 aliphatic carbocycles. The van der Waals surface area contributed by atoms with Crippen molar-refractivity contribution in [2.45, 2.75) is 124 Å². The van der Waals surface area contributed by atoms with Crippen LogP contribution in [0.25, 0.3) is 0 Å². The molecule has 0 aromatic rings. The minimum atomic E-state index is 0.455. The summed E-state index contributed by atoms with van der Waals surface area (Å²) in [7, 11) is 0. The zero-order chi connectivity index (χ0) is 19.3. The van der Waals surface area contributed by atoms with Crippen molar-refractivity contribution in [2.24, 2.45) is 5.41 Å². The van der Waals surface area contributed by atoms with Crippen LogP contribution in [-0.2, 0) is 4.74 Å². The van der Waals surface area contributed by atoms with Gasteiger partial charge >= 0.3 is 0 Å². The lowest BCUT2D eigenvalue weighted by Crippen LogP contribution is -2.07. The Bertz CT molecular complexity index is 259. The van der Waals surface area contributed by atoms with Crippen molar-refractivity contribution >= 4 is 11.8 Å². The Balaban J connectivity index is 3.01. The summed E-state index contributed by atoms with van der Waals surface area (Å²) < 4.78 is 5.75. The molecule has 158 valence electrons. The number of ether oxygens (including phenoxy) is 1. The standard InChI is InChI=1S/C24H50OS/c1-24(2,3)20-19-22-25-21-17-15-13-11-9-7-5-6-8-10-12-14-16-18-23-26-4/h5-23H2,1-4H3. The van der Waals surface area contributed by atoms with E-state index in [0.29, 0.717) is 5.41 Å². The van der Waals surface area contributed by atoms with Gasteiger partial charge in [-0.3, -0.25) is 0 Å². The van der Waals surface area contributed by atoms with Crippen LogP contribution in [0.1, 0.15) is 124 Å². The molecule has 0 amide bonds. The molecule has 2 heteroatoms. The molecule has 0 bridgehead atoms. The number of thioether (sulfide) groups is 1. The molecule has 0 fully saturated rings. The Hall–Kier alpha value is 0.310. The third-order valence-electron chi connectivity index (χ3n) is 5.10. The van der Waals surface area contributed by atoms with Gasteiger partial charge in [0.05, 0.1) is 0 Å². The fourth-order valence-corrected chi connectivity index (χ4v) is 3.87. The van der Waals surface area contributed by atoms with Gasteiger partial charge in [-0.05, 0) is 43.1 Å². The Kier molecular flexibility index (Phi) is 20.3. The predicted molar refractivity (Wildman–Crippen MR) is 123 cm³/mol. The van der Waals surface area contributed by atoms with Crippen LogP contribution in [0.3, 0.4) is 0 Å². The molecule has 0 N–H and O–H groups in total. The number of rotatable bonds is 20. The van der Waals surface area contributed by atoms with Gasteiger partial charge in [-0.2, -0.15) is 11.8 Å². The van der Waals surface area contributed by atoms with Crippen LogP contribution in [0.4, 0.5) is 0 Å². The van der Waals surface area contributed by atoms with E-state index in [9.17, 15) is 0 Å². The molecular weight excluding hydrogens is 336 g/mol. The third kappa shape index (κ3) is 24.3. The Morgan fingerprint density at radius 1 is 0.538 bits per heavy atom. The smallest absolute Gasteiger partial charge is 0.0466 e. The van der Waals surface area contributed by atoms with E-state index in [-0.39, 0.29) is 0 Å². The summed E-state index contributed by atoms with van der Waals surface area (Å²) in [6, 6.07) is 0. The van der Waals surface area contributed by atoms with Crippen molar-refractivity contribution in [1.29, 1.82) is 0 Å². The van der Waals surface area contributed by atoms with E-state index in [4.69, 9.17) is 4.74 Å². The van der Waals surface area contributed by atoms with Crippen LogP contribution < -0.4 is 0 Å². The molecule has 0 rings (SSSR count). The van der Waals surface area contributed by atoms with E-state index < -0.39 is 0 Å². The zero-order valence-corrected chi connectivity index (χ0v) is 19.6. The Labute approximate surface area is 170 Å². The van der Waals surface area contributed by atoms with Crippen molar-refractivity contribution in [2.75, 3.05) is 25.2 Å². The summed E-state index contributed by atoms with van der Waals surface area (Å²) in [5.74, 6) is 1.35. The maximum absolute atomic E-state index is 5.75. The molecule has 26 heavy (non-hydrogen) atoms. The van der Waals surface area contributed by atoms with Gasteiger partial charge in [-0.15, -0.1) is 0 Å². The van der Waals surface area contributed by atoms with E-state index in [2.05, 4.69) is 27.0 Å². The highest BCUT2D eigenvalue weighted by Gasteiger charge is 2.08. The highest BCUT2D eigenvalue weighted by molar-refractivity contribution is 7.98. The molecule has 0 spiro atoms. The molecule has 0 aliphatic heterocycles. The molecule has 0 unspecified atom stereocenters. The molecule has 0 radical (unpaired) electrons. The fraction of sp³-hybridized carbons (Fsp3) is 1.00. The molecule has 0 saturated carbocycles. The Morgan fingerprint density at radius 3 is 1.35 bits per heavy atom. The van der Waals surface area contributed by atoms with Gasteiger partial charge in [0.1, 0.15) is 0 Å². The number of unbranched alkanes of at least 4 members (excludes halogenated alkanes) is 13. The highest BCUT2D eigenvalue weighted by Crippen LogP contribution is 2.20. The van der Waals surface area contributed by atoms with E-state index >= 15 is 0 Å². The largest absolute Gasteiger partial charge is 0.381 e. The maximum atomic E-state index is 5.75. The average Bonchev–Trinajstić information content (AvgIpc) is 2.59. The van der Waals surface area contributed by atoms with Gasteiger partial charge in [0.15, 0.2) is 0 Å². The minimum Gasteiger partial charge on any atom is -0.381 e. The summed E-state index contributed by atoms with van der Waals surface area (Å²) in [5, 5.41) is 0. The summed E-state index contributed by atoms with van der Waals surface area (Å²) in [5.41, 5.74) is 0.455. The van der Waals surface area contributed by atoms with Crippen molar-refractivity contribution in [1.82, 2.24) is 0 Å². The van der Waals surface area contributed by atoms with Gasteiger partial charge in [-0.1, -0.05) is 97.8 Å². The summed E-state index contributed by atoms with van der Waals surface area (Å²) in [6.45, 7) is 8.85. The summed E-state index contributed by atoms with van der Waals surface area (Å²) in [6.07, 6.45) is 24.7. The van der Waals surface area contributed by atoms with Crippen LogP contribution in [0.2, 0.25) is 0 Å². The summed E-state index contributed by atoms with van der Waals surface area (Å²) >= 11 is 1.99. The zero-order valence-electron chi connectivity index (χ0n) is 18.8. The topological polar surface area (TPSA) is 9.23 Å². The lowest BCUT2D eigenvalue weighted by molar-refractivity contribution is 0.118.